The lowest BCUT2D eigenvalue weighted by atomic mass is 9.95. The molecule has 0 aromatic heterocycles. The fraction of sp³-hybridized carbons (Fsp3) is 0.200. The van der Waals surface area contributed by atoms with E-state index in [-0.39, 0.29) is 0 Å². The van der Waals surface area contributed by atoms with Crippen LogP contribution in [0, 0.1) is 5.92 Å². The number of allylic oxidation sites excluding steroid dienone is 2. The van der Waals surface area contributed by atoms with E-state index < -0.39 is 0 Å². The molecule has 2 atom stereocenters. The maximum atomic E-state index is 5.90. The molecule has 1 aromatic rings. The third-order valence-electron chi connectivity index (χ3n) is 3.13. The molecule has 2 heteroatoms. The van der Waals surface area contributed by atoms with Crippen molar-refractivity contribution < 1.29 is 4.74 Å². The first-order valence-corrected chi connectivity index (χ1v) is 5.91. The van der Waals surface area contributed by atoms with Crippen molar-refractivity contribution in [1.82, 2.24) is 5.32 Å². The van der Waals surface area contributed by atoms with Crippen molar-refractivity contribution in [3.63, 3.8) is 0 Å². The molecule has 2 nitrogen and oxygen atoms in total. The Morgan fingerprint density at radius 3 is 2.88 bits per heavy atom. The number of benzene rings is 1. The van der Waals surface area contributed by atoms with Gasteiger partial charge in [0.2, 0.25) is 0 Å². The Balaban J connectivity index is 1.67. The second-order valence-electron chi connectivity index (χ2n) is 4.31. The van der Waals surface area contributed by atoms with E-state index in [1.807, 2.05) is 24.4 Å². The SMILES string of the molecule is C1=CC2NC=CC2C(OCc2ccccc2)=C1. The van der Waals surface area contributed by atoms with Gasteiger partial charge in [-0.3, -0.25) is 0 Å². The predicted octanol–water partition coefficient (Wildman–Crippen LogP) is 2.76. The van der Waals surface area contributed by atoms with Gasteiger partial charge >= 0.3 is 0 Å². The first-order chi connectivity index (χ1) is 8.43. The van der Waals surface area contributed by atoms with Gasteiger partial charge in [0.25, 0.3) is 0 Å². The molecule has 3 rings (SSSR count). The van der Waals surface area contributed by atoms with E-state index in [2.05, 4.69) is 41.8 Å². The third-order valence-corrected chi connectivity index (χ3v) is 3.13. The molecular weight excluding hydrogens is 210 g/mol. The summed E-state index contributed by atoms with van der Waals surface area (Å²) in [7, 11) is 0. The van der Waals surface area contributed by atoms with Crippen LogP contribution < -0.4 is 5.32 Å². The smallest absolute Gasteiger partial charge is 0.113 e. The highest BCUT2D eigenvalue weighted by atomic mass is 16.5. The predicted molar refractivity (Wildman–Crippen MR) is 68.0 cm³/mol. The minimum atomic E-state index is 0.351. The van der Waals surface area contributed by atoms with Crippen molar-refractivity contribution in [3.8, 4) is 0 Å². The summed E-state index contributed by atoms with van der Waals surface area (Å²) in [6, 6.07) is 10.6. The fourth-order valence-corrected chi connectivity index (χ4v) is 2.21. The summed E-state index contributed by atoms with van der Waals surface area (Å²) in [5, 5.41) is 3.30. The average Bonchev–Trinajstić information content (AvgIpc) is 2.86. The van der Waals surface area contributed by atoms with Gasteiger partial charge in [-0.25, -0.2) is 0 Å². The largest absolute Gasteiger partial charge is 0.493 e. The zero-order valence-corrected chi connectivity index (χ0v) is 9.54. The van der Waals surface area contributed by atoms with E-state index in [1.54, 1.807) is 0 Å². The summed E-state index contributed by atoms with van der Waals surface area (Å²) >= 11 is 0. The quantitative estimate of drug-likeness (QED) is 0.854. The lowest BCUT2D eigenvalue weighted by molar-refractivity contribution is 0.170. The van der Waals surface area contributed by atoms with Crippen molar-refractivity contribution >= 4 is 0 Å². The minimum absolute atomic E-state index is 0.351. The maximum absolute atomic E-state index is 5.90. The molecule has 86 valence electrons. The first kappa shape index (κ1) is 10.2. The van der Waals surface area contributed by atoms with E-state index in [0.717, 1.165) is 5.76 Å². The first-order valence-electron chi connectivity index (χ1n) is 5.91. The van der Waals surface area contributed by atoms with Gasteiger partial charge in [0, 0.05) is 0 Å². The number of ether oxygens (including phenoxy) is 1. The van der Waals surface area contributed by atoms with Crippen LogP contribution in [0.15, 0.2) is 66.6 Å². The van der Waals surface area contributed by atoms with Crippen molar-refractivity contribution in [2.75, 3.05) is 0 Å². The van der Waals surface area contributed by atoms with Crippen LogP contribution in [0.1, 0.15) is 5.56 Å². The highest BCUT2D eigenvalue weighted by Crippen LogP contribution is 2.27. The van der Waals surface area contributed by atoms with Crippen molar-refractivity contribution in [2.24, 2.45) is 5.92 Å². The second-order valence-corrected chi connectivity index (χ2v) is 4.31. The van der Waals surface area contributed by atoms with Crippen LogP contribution in [0.2, 0.25) is 0 Å². The molecule has 2 aliphatic rings. The Bertz CT molecular complexity index is 473. The van der Waals surface area contributed by atoms with Crippen molar-refractivity contribution in [3.05, 3.63) is 72.2 Å². The number of hydrogen-bond acceptors (Lipinski definition) is 2. The molecule has 0 saturated carbocycles. The van der Waals surface area contributed by atoms with Crippen molar-refractivity contribution in [1.29, 1.82) is 0 Å². The molecule has 0 amide bonds. The van der Waals surface area contributed by atoms with Gasteiger partial charge in [-0.15, -0.1) is 0 Å². The van der Waals surface area contributed by atoms with E-state index in [4.69, 9.17) is 4.74 Å². The van der Waals surface area contributed by atoms with E-state index >= 15 is 0 Å². The number of nitrogens with one attached hydrogen (secondary N) is 1. The van der Waals surface area contributed by atoms with Gasteiger partial charge in [0.1, 0.15) is 12.4 Å². The highest BCUT2D eigenvalue weighted by Gasteiger charge is 2.26. The highest BCUT2D eigenvalue weighted by molar-refractivity contribution is 5.29. The van der Waals surface area contributed by atoms with Crippen LogP contribution in [-0.2, 0) is 11.3 Å². The lowest BCUT2D eigenvalue weighted by Crippen LogP contribution is -2.27. The Morgan fingerprint density at radius 1 is 1.12 bits per heavy atom. The normalized spacial score (nSPS) is 25.1. The van der Waals surface area contributed by atoms with Gasteiger partial charge in [0.05, 0.1) is 12.0 Å². The Kier molecular flexibility index (Phi) is 2.70. The molecule has 0 saturated heterocycles. The molecule has 1 heterocycles. The van der Waals surface area contributed by atoms with Crippen LogP contribution in [0.5, 0.6) is 0 Å². The molecule has 1 aliphatic heterocycles. The zero-order chi connectivity index (χ0) is 11.5. The van der Waals surface area contributed by atoms with Crippen LogP contribution in [0.25, 0.3) is 0 Å². The molecule has 0 fully saturated rings. The lowest BCUT2D eigenvalue weighted by Gasteiger charge is -2.23. The Labute approximate surface area is 101 Å². The molecular formula is C15H15NO. The molecule has 0 bridgehead atoms. The van der Waals surface area contributed by atoms with Gasteiger partial charge in [-0.05, 0) is 17.8 Å². The summed E-state index contributed by atoms with van der Waals surface area (Å²) in [4.78, 5) is 0. The maximum Gasteiger partial charge on any atom is 0.113 e. The summed E-state index contributed by atoms with van der Waals surface area (Å²) in [6.07, 6.45) is 10.4. The summed E-state index contributed by atoms with van der Waals surface area (Å²) in [5.74, 6) is 1.39. The van der Waals surface area contributed by atoms with Crippen LogP contribution in [0.3, 0.4) is 0 Å². The standard InChI is InChI=1S/C15H15NO/c1-2-5-12(6-3-1)11-17-15-8-4-7-14-13(15)9-10-16-14/h1-10,13-14,16H,11H2. The number of fused-ring (bicyclic) bond motifs is 1. The summed E-state index contributed by atoms with van der Waals surface area (Å²) in [5.41, 5.74) is 1.20. The minimum Gasteiger partial charge on any atom is -0.493 e. The third kappa shape index (κ3) is 2.11. The molecule has 1 aromatic carbocycles. The Morgan fingerprint density at radius 2 is 2.00 bits per heavy atom. The molecule has 0 spiro atoms. The molecule has 1 N–H and O–H groups in total. The average molecular weight is 225 g/mol. The molecule has 17 heavy (non-hydrogen) atoms. The van der Waals surface area contributed by atoms with Crippen molar-refractivity contribution in [2.45, 2.75) is 12.6 Å². The van der Waals surface area contributed by atoms with Gasteiger partial charge in [0.15, 0.2) is 0 Å². The van der Waals surface area contributed by atoms with E-state index in [9.17, 15) is 0 Å². The number of hydrogen-bond donors (Lipinski definition) is 1. The van der Waals surface area contributed by atoms with Gasteiger partial charge in [-0.1, -0.05) is 48.6 Å². The van der Waals surface area contributed by atoms with E-state index in [0.29, 0.717) is 18.6 Å². The summed E-state index contributed by atoms with van der Waals surface area (Å²) in [6.45, 7) is 0.636. The number of rotatable bonds is 3. The molecule has 0 radical (unpaired) electrons. The zero-order valence-electron chi connectivity index (χ0n) is 9.54. The molecule has 1 aliphatic carbocycles. The monoisotopic (exact) mass is 225 g/mol. The van der Waals surface area contributed by atoms with Gasteiger partial charge < -0.3 is 10.1 Å². The topological polar surface area (TPSA) is 21.3 Å². The Hall–Kier alpha value is -1.96. The van der Waals surface area contributed by atoms with Crippen LogP contribution >= 0.6 is 0 Å². The van der Waals surface area contributed by atoms with Crippen LogP contribution in [0.4, 0.5) is 0 Å². The van der Waals surface area contributed by atoms with Gasteiger partial charge in [-0.2, -0.15) is 0 Å². The fourth-order valence-electron chi connectivity index (χ4n) is 2.21. The van der Waals surface area contributed by atoms with E-state index in [1.165, 1.54) is 5.56 Å². The molecule has 2 unspecified atom stereocenters. The van der Waals surface area contributed by atoms with Crippen LogP contribution in [-0.4, -0.2) is 6.04 Å². The second kappa shape index (κ2) is 4.50. The summed E-state index contributed by atoms with van der Waals surface area (Å²) < 4.78 is 5.90.